The number of nitrogens with zero attached hydrogens (tertiary/aromatic N) is 2. The van der Waals surface area contributed by atoms with Crippen molar-refractivity contribution >= 4 is 33.4 Å². The molecule has 1 aromatic rings. The number of aromatic nitrogens is 2. The van der Waals surface area contributed by atoms with Crippen LogP contribution in [-0.2, 0) is 46.3 Å². The number of hydrogen-bond acceptors (Lipinski definition) is 16. The van der Waals surface area contributed by atoms with Gasteiger partial charge in [-0.05, 0) is 89.5 Å². The molecule has 1 aromatic heterocycles. The average molecular weight is 1040 g/mol. The molecule has 0 bridgehead atoms. The first-order chi connectivity index (χ1) is 34.1. The summed E-state index contributed by atoms with van der Waals surface area (Å²) in [6, 6.07) is 1.24. The predicted octanol–water partition coefficient (Wildman–Crippen LogP) is 8.86. The van der Waals surface area contributed by atoms with Crippen LogP contribution in [0, 0.1) is 0 Å². The number of esters is 2. The van der Waals surface area contributed by atoms with E-state index in [4.69, 9.17) is 29.0 Å². The summed E-state index contributed by atoms with van der Waals surface area (Å²) >= 11 is 0. The second-order valence-electron chi connectivity index (χ2n) is 16.8. The van der Waals surface area contributed by atoms with Crippen LogP contribution >= 0.6 is 15.6 Å². The Morgan fingerprint density at radius 2 is 1.27 bits per heavy atom. The van der Waals surface area contributed by atoms with E-state index in [1.165, 1.54) is 25.3 Å². The van der Waals surface area contributed by atoms with Crippen molar-refractivity contribution in [2.75, 3.05) is 25.6 Å². The van der Waals surface area contributed by atoms with Crippen LogP contribution in [-0.4, -0.2) is 96.9 Å². The minimum absolute atomic E-state index is 0.0213. The van der Waals surface area contributed by atoms with Crippen LogP contribution in [0.2, 0.25) is 0 Å². The summed E-state index contributed by atoms with van der Waals surface area (Å²) in [5.74, 6) is -1.45. The zero-order valence-electron chi connectivity index (χ0n) is 41.4. The molecular formula is C50H79N3O16P2. The fraction of sp³-hybridized carbons (Fsp3) is 0.600. The lowest BCUT2D eigenvalue weighted by Crippen LogP contribution is -2.36. The summed E-state index contributed by atoms with van der Waals surface area (Å²) in [4.78, 5) is 61.8. The lowest BCUT2D eigenvalue weighted by atomic mass is 10.1. The summed E-state index contributed by atoms with van der Waals surface area (Å²) in [7, 11) is -10.9. The van der Waals surface area contributed by atoms with Gasteiger partial charge in [-0.3, -0.25) is 23.2 Å². The average Bonchev–Trinajstić information content (AvgIpc) is 3.60. The van der Waals surface area contributed by atoms with Gasteiger partial charge in [-0.25, -0.2) is 13.9 Å². The Morgan fingerprint density at radius 1 is 0.732 bits per heavy atom. The van der Waals surface area contributed by atoms with Gasteiger partial charge >= 0.3 is 33.3 Å². The molecule has 1 saturated heterocycles. The van der Waals surface area contributed by atoms with E-state index in [1.807, 2.05) is 54.7 Å². The molecular weight excluding hydrogens is 961 g/mol. The first-order valence-electron chi connectivity index (χ1n) is 24.7. The smallest absolute Gasteiger partial charge is 0.462 e. The van der Waals surface area contributed by atoms with E-state index in [2.05, 4.69) is 53.5 Å². The van der Waals surface area contributed by atoms with Gasteiger partial charge in [-0.15, -0.1) is 0 Å². The molecule has 0 aliphatic carbocycles. The number of phosphoric acid groups is 2. The molecule has 7 N–H and O–H groups in total. The minimum atomic E-state index is -5.45. The normalized spacial score (nSPS) is 20.3. The summed E-state index contributed by atoms with van der Waals surface area (Å²) in [5.41, 5.74) is 4.57. The molecule has 2 rings (SSSR count). The van der Waals surface area contributed by atoms with Gasteiger partial charge in [-0.2, -0.15) is 9.29 Å². The Balaban J connectivity index is 1.86. The molecule has 1 aliphatic rings. The summed E-state index contributed by atoms with van der Waals surface area (Å²) in [6.07, 6.45) is 35.8. The van der Waals surface area contributed by atoms with Gasteiger partial charge in [0.15, 0.2) is 12.3 Å². The number of aliphatic hydroxyl groups is 3. The number of carbonyl (C=O) groups excluding carboxylic acids is 2. The van der Waals surface area contributed by atoms with Gasteiger partial charge in [0.25, 0.3) is 0 Å². The lowest BCUT2D eigenvalue weighted by Gasteiger charge is -2.21. The first kappa shape index (κ1) is 63.0. The Hall–Kier alpha value is -4.10. The maximum atomic E-state index is 12.8. The van der Waals surface area contributed by atoms with Crippen molar-refractivity contribution in [2.24, 2.45) is 0 Å². The van der Waals surface area contributed by atoms with E-state index in [0.717, 1.165) is 68.6 Å². The van der Waals surface area contributed by atoms with Gasteiger partial charge in [-0.1, -0.05) is 125 Å². The number of hydrogen-bond donors (Lipinski definition) is 6. The van der Waals surface area contributed by atoms with Crippen molar-refractivity contribution in [2.45, 2.75) is 173 Å². The second-order valence-corrected chi connectivity index (χ2v) is 19.8. The third-order valence-electron chi connectivity index (χ3n) is 10.5. The minimum Gasteiger partial charge on any atom is -0.462 e. The fourth-order valence-electron chi connectivity index (χ4n) is 6.62. The van der Waals surface area contributed by atoms with Gasteiger partial charge < -0.3 is 45.1 Å². The topological polar surface area (TPSA) is 286 Å². The Kier molecular flexibility index (Phi) is 33.4. The van der Waals surface area contributed by atoms with Gasteiger partial charge in [0, 0.05) is 19.0 Å². The van der Waals surface area contributed by atoms with E-state index in [-0.39, 0.29) is 18.7 Å². The summed E-state index contributed by atoms with van der Waals surface area (Å²) in [6.45, 7) is 1.85. The monoisotopic (exact) mass is 1040 g/mol. The highest BCUT2D eigenvalue weighted by Gasteiger charge is 2.46. The second kappa shape index (κ2) is 37.6. The van der Waals surface area contributed by atoms with Crippen molar-refractivity contribution < 1.29 is 71.4 Å². The van der Waals surface area contributed by atoms with Crippen LogP contribution in [0.4, 0.5) is 5.82 Å². The number of carbonyl (C=O) groups is 2. The van der Waals surface area contributed by atoms with Gasteiger partial charge in [0.2, 0.25) is 0 Å². The molecule has 0 radical (unpaired) electrons. The Bertz CT molecular complexity index is 2040. The van der Waals surface area contributed by atoms with Gasteiger partial charge in [0.05, 0.1) is 19.3 Å². The van der Waals surface area contributed by atoms with E-state index >= 15 is 0 Å². The van der Waals surface area contributed by atoms with Crippen LogP contribution in [0.1, 0.15) is 142 Å². The predicted molar refractivity (Wildman–Crippen MR) is 271 cm³/mol. The van der Waals surface area contributed by atoms with E-state index in [0.29, 0.717) is 32.1 Å². The largest absolute Gasteiger partial charge is 0.481 e. The number of phosphoric ester groups is 2. The molecule has 2 heterocycles. The number of rotatable bonds is 39. The van der Waals surface area contributed by atoms with E-state index in [1.54, 1.807) is 0 Å². The molecule has 1 aliphatic heterocycles. The molecule has 19 nitrogen and oxygen atoms in total. The van der Waals surface area contributed by atoms with Crippen LogP contribution in [0.15, 0.2) is 102 Å². The number of allylic oxidation sites excluding steroid dienone is 13. The maximum Gasteiger partial charge on any atom is 0.481 e. The van der Waals surface area contributed by atoms with Crippen LogP contribution in [0.5, 0.6) is 0 Å². The molecule has 0 saturated carbocycles. The SMILES string of the molecule is CCCCC/C=C\C/C=C\C/C=C\CCCCC(=O)O[C@H](COC(=O)CCC/C=C\C/C=C\C/C=C\C/C=C\[C@@H](O)CCCC)COP(=O)(O)OP(=O)(O)OC[C@H]1O[C@@H](n2ccc(N)nc2=O)[C@H](O)[C@@H]1O. The molecule has 21 heteroatoms. The number of aliphatic hydroxyl groups excluding tert-OH is 3. The molecule has 2 unspecified atom stereocenters. The van der Waals surface area contributed by atoms with Crippen molar-refractivity contribution in [3.8, 4) is 0 Å². The van der Waals surface area contributed by atoms with Crippen molar-refractivity contribution in [1.82, 2.24) is 9.55 Å². The molecule has 71 heavy (non-hydrogen) atoms. The van der Waals surface area contributed by atoms with Gasteiger partial charge in [0.1, 0.15) is 30.7 Å². The van der Waals surface area contributed by atoms with Crippen molar-refractivity contribution in [1.29, 1.82) is 0 Å². The van der Waals surface area contributed by atoms with E-state index < -0.39 is 89.8 Å². The molecule has 0 spiro atoms. The zero-order valence-corrected chi connectivity index (χ0v) is 43.1. The molecule has 0 aromatic carbocycles. The standard InChI is InChI=1S/C50H79N3O16P2/c1-3-5-7-8-9-10-11-12-13-14-19-22-25-28-31-35-46(56)67-42(38-64-45(55)34-30-27-24-21-18-16-15-17-20-23-26-29-33-41(54)32-6-4-2)39-65-70(60,61)69-71(62,63)66-40-43-47(57)48(58)49(68-43)53-37-36-44(51)52-50(53)59/h9-10,12-13,15-16,19-24,29,33,36-37,41-43,47-49,54,57-58H,3-8,11,14,17-18,25-28,30-32,34-35,38-40H2,1-2H3,(H,60,61)(H,62,63)(H2,51,52,59)/b10-9-,13-12-,16-15-,22-19-,23-20-,24-21-,33-29-/t41-,42+,43+,47+,48+,49+/m0/s1. The first-order valence-corrected chi connectivity index (χ1v) is 27.7. The lowest BCUT2D eigenvalue weighted by molar-refractivity contribution is -0.161. The number of anilines is 1. The summed E-state index contributed by atoms with van der Waals surface area (Å²) < 4.78 is 56.6. The summed E-state index contributed by atoms with van der Waals surface area (Å²) in [5, 5.41) is 30.7. The number of unbranched alkanes of at least 4 members (excludes halogenated alkanes) is 7. The number of nitrogen functional groups attached to an aromatic ring is 1. The number of nitrogens with two attached hydrogens (primary N) is 1. The zero-order chi connectivity index (χ0) is 52.2. The van der Waals surface area contributed by atoms with E-state index in [9.17, 15) is 48.6 Å². The fourth-order valence-corrected chi connectivity index (χ4v) is 8.73. The van der Waals surface area contributed by atoms with Crippen LogP contribution in [0.25, 0.3) is 0 Å². The molecule has 1 fully saturated rings. The number of ether oxygens (including phenoxy) is 3. The van der Waals surface area contributed by atoms with Crippen LogP contribution in [0.3, 0.4) is 0 Å². The highest BCUT2D eigenvalue weighted by molar-refractivity contribution is 7.61. The molecule has 8 atom stereocenters. The van der Waals surface area contributed by atoms with Crippen LogP contribution < -0.4 is 11.4 Å². The highest BCUT2D eigenvalue weighted by atomic mass is 31.3. The third-order valence-corrected chi connectivity index (χ3v) is 13.1. The third kappa shape index (κ3) is 30.5. The molecule has 400 valence electrons. The van der Waals surface area contributed by atoms with Crippen molar-refractivity contribution in [3.63, 3.8) is 0 Å². The molecule has 0 amide bonds. The highest BCUT2D eigenvalue weighted by Crippen LogP contribution is 2.60. The van der Waals surface area contributed by atoms with Crippen molar-refractivity contribution in [3.05, 3.63) is 108 Å². The Morgan fingerprint density at radius 3 is 1.86 bits per heavy atom. The quantitative estimate of drug-likeness (QED) is 0.0155. The maximum absolute atomic E-state index is 12.8. The Labute approximate surface area is 419 Å².